The van der Waals surface area contributed by atoms with Gasteiger partial charge in [-0.3, -0.25) is 9.20 Å². The number of anilines is 1. The lowest BCUT2D eigenvalue weighted by Gasteiger charge is -2.08. The number of thiazole rings is 1. The third-order valence-electron chi connectivity index (χ3n) is 4.42. The highest BCUT2D eigenvalue weighted by molar-refractivity contribution is 9.10. The zero-order valence-electron chi connectivity index (χ0n) is 14.8. The fourth-order valence-electron chi connectivity index (χ4n) is 2.98. The molecule has 4 aromatic rings. The SMILES string of the molecule is Cc1cc(Br)ccc1NC(=O)CCc1csc2nc(-c3ccccc3)cn12. The van der Waals surface area contributed by atoms with Crippen LogP contribution in [0.25, 0.3) is 16.2 Å². The van der Waals surface area contributed by atoms with Crippen molar-refractivity contribution in [3.8, 4) is 11.3 Å². The minimum atomic E-state index is 0.0168. The third kappa shape index (κ3) is 3.96. The van der Waals surface area contributed by atoms with Gasteiger partial charge < -0.3 is 5.32 Å². The molecule has 0 bridgehead atoms. The topological polar surface area (TPSA) is 46.4 Å². The van der Waals surface area contributed by atoms with Gasteiger partial charge in [0.1, 0.15) is 0 Å². The number of benzene rings is 2. The number of amides is 1. The summed E-state index contributed by atoms with van der Waals surface area (Å²) in [6.45, 7) is 1.99. The Morgan fingerprint density at radius 3 is 2.81 bits per heavy atom. The Morgan fingerprint density at radius 1 is 1.22 bits per heavy atom. The second kappa shape index (κ2) is 7.66. The molecule has 0 aliphatic rings. The van der Waals surface area contributed by atoms with E-state index in [1.54, 1.807) is 11.3 Å². The first-order valence-electron chi connectivity index (χ1n) is 8.67. The molecule has 0 saturated heterocycles. The first kappa shape index (κ1) is 17.9. The summed E-state index contributed by atoms with van der Waals surface area (Å²) in [6.07, 6.45) is 3.15. The van der Waals surface area contributed by atoms with Crippen LogP contribution in [0.2, 0.25) is 0 Å². The molecule has 0 aliphatic carbocycles. The molecule has 4 nitrogen and oxygen atoms in total. The van der Waals surface area contributed by atoms with Crippen molar-refractivity contribution < 1.29 is 4.79 Å². The fourth-order valence-corrected chi connectivity index (χ4v) is 4.36. The Kier molecular flexibility index (Phi) is 5.09. The number of fused-ring (bicyclic) bond motifs is 1. The van der Waals surface area contributed by atoms with Crippen molar-refractivity contribution >= 4 is 43.8 Å². The normalized spacial score (nSPS) is 11.0. The van der Waals surface area contributed by atoms with Crippen LogP contribution in [-0.2, 0) is 11.2 Å². The van der Waals surface area contributed by atoms with Crippen molar-refractivity contribution in [3.05, 3.63) is 75.8 Å². The number of nitrogens with zero attached hydrogens (tertiary/aromatic N) is 2. The first-order chi connectivity index (χ1) is 13.1. The maximum absolute atomic E-state index is 12.4. The molecule has 136 valence electrons. The Labute approximate surface area is 170 Å². The van der Waals surface area contributed by atoms with Crippen molar-refractivity contribution in [2.24, 2.45) is 0 Å². The number of aryl methyl sites for hydroxylation is 2. The van der Waals surface area contributed by atoms with E-state index in [0.717, 1.165) is 37.6 Å². The highest BCUT2D eigenvalue weighted by Gasteiger charge is 2.11. The van der Waals surface area contributed by atoms with E-state index >= 15 is 0 Å². The summed E-state index contributed by atoms with van der Waals surface area (Å²) in [5.74, 6) is 0.0168. The van der Waals surface area contributed by atoms with Gasteiger partial charge in [0.2, 0.25) is 5.91 Å². The Hall–Kier alpha value is -2.44. The van der Waals surface area contributed by atoms with Crippen molar-refractivity contribution in [1.29, 1.82) is 0 Å². The number of imidazole rings is 1. The van der Waals surface area contributed by atoms with Gasteiger partial charge in [0.05, 0.1) is 5.69 Å². The van der Waals surface area contributed by atoms with E-state index in [1.807, 2.05) is 49.5 Å². The van der Waals surface area contributed by atoms with Crippen LogP contribution >= 0.6 is 27.3 Å². The molecule has 0 atom stereocenters. The summed E-state index contributed by atoms with van der Waals surface area (Å²) in [6, 6.07) is 16.0. The third-order valence-corrected chi connectivity index (χ3v) is 5.81. The number of halogens is 1. The van der Waals surface area contributed by atoms with Crippen LogP contribution in [0.1, 0.15) is 17.7 Å². The number of aromatic nitrogens is 2. The molecular weight excluding hydrogens is 422 g/mol. The molecule has 0 radical (unpaired) electrons. The molecule has 27 heavy (non-hydrogen) atoms. The van der Waals surface area contributed by atoms with Gasteiger partial charge in [-0.05, 0) is 37.1 Å². The molecule has 0 fully saturated rings. The van der Waals surface area contributed by atoms with Gasteiger partial charge in [0.15, 0.2) is 4.96 Å². The van der Waals surface area contributed by atoms with Crippen LogP contribution in [0, 0.1) is 6.92 Å². The summed E-state index contributed by atoms with van der Waals surface area (Å²) in [7, 11) is 0. The summed E-state index contributed by atoms with van der Waals surface area (Å²) in [4.78, 5) is 18.0. The minimum absolute atomic E-state index is 0.0168. The number of carbonyl (C=O) groups is 1. The Balaban J connectivity index is 1.45. The zero-order valence-corrected chi connectivity index (χ0v) is 17.2. The largest absolute Gasteiger partial charge is 0.326 e. The molecule has 0 aliphatic heterocycles. The molecule has 2 aromatic heterocycles. The van der Waals surface area contributed by atoms with Crippen LogP contribution in [0.15, 0.2) is 64.6 Å². The lowest BCUT2D eigenvalue weighted by atomic mass is 10.2. The number of rotatable bonds is 5. The van der Waals surface area contributed by atoms with Crippen molar-refractivity contribution in [2.75, 3.05) is 5.32 Å². The molecule has 6 heteroatoms. The van der Waals surface area contributed by atoms with Crippen LogP contribution in [-0.4, -0.2) is 15.3 Å². The van der Waals surface area contributed by atoms with Gasteiger partial charge in [0.25, 0.3) is 0 Å². The average molecular weight is 440 g/mol. The molecule has 0 unspecified atom stereocenters. The highest BCUT2D eigenvalue weighted by atomic mass is 79.9. The van der Waals surface area contributed by atoms with E-state index in [-0.39, 0.29) is 5.91 Å². The zero-order chi connectivity index (χ0) is 18.8. The van der Waals surface area contributed by atoms with E-state index in [1.165, 1.54) is 0 Å². The smallest absolute Gasteiger partial charge is 0.224 e. The number of hydrogen-bond donors (Lipinski definition) is 1. The molecule has 2 heterocycles. The van der Waals surface area contributed by atoms with Gasteiger partial charge >= 0.3 is 0 Å². The average Bonchev–Trinajstić information content (AvgIpc) is 3.24. The molecule has 0 saturated carbocycles. The number of hydrogen-bond acceptors (Lipinski definition) is 3. The molecule has 0 spiro atoms. The van der Waals surface area contributed by atoms with E-state index in [9.17, 15) is 4.79 Å². The van der Waals surface area contributed by atoms with E-state index < -0.39 is 0 Å². The van der Waals surface area contributed by atoms with Crippen molar-refractivity contribution in [3.63, 3.8) is 0 Å². The van der Waals surface area contributed by atoms with Crippen LogP contribution < -0.4 is 5.32 Å². The number of carbonyl (C=O) groups excluding carboxylic acids is 1. The van der Waals surface area contributed by atoms with Crippen LogP contribution in [0.4, 0.5) is 5.69 Å². The summed E-state index contributed by atoms with van der Waals surface area (Å²) in [5, 5.41) is 5.08. The fraction of sp³-hybridized carbons (Fsp3) is 0.143. The second-order valence-electron chi connectivity index (χ2n) is 6.38. The Bertz CT molecular complexity index is 1100. The Morgan fingerprint density at radius 2 is 2.04 bits per heavy atom. The predicted octanol–water partition coefficient (Wildman–Crippen LogP) is 5.71. The quantitative estimate of drug-likeness (QED) is 0.433. The van der Waals surface area contributed by atoms with E-state index in [0.29, 0.717) is 12.8 Å². The molecule has 1 N–H and O–H groups in total. The highest BCUT2D eigenvalue weighted by Crippen LogP contribution is 2.24. The predicted molar refractivity (Wildman–Crippen MR) is 114 cm³/mol. The van der Waals surface area contributed by atoms with Gasteiger partial charge in [0, 0.05) is 39.4 Å². The lowest BCUT2D eigenvalue weighted by Crippen LogP contribution is -2.13. The summed E-state index contributed by atoms with van der Waals surface area (Å²) >= 11 is 5.05. The van der Waals surface area contributed by atoms with E-state index in [4.69, 9.17) is 4.98 Å². The second-order valence-corrected chi connectivity index (χ2v) is 8.13. The summed E-state index contributed by atoms with van der Waals surface area (Å²) < 4.78 is 3.10. The van der Waals surface area contributed by atoms with Crippen molar-refractivity contribution in [2.45, 2.75) is 19.8 Å². The standard InChI is InChI=1S/C21H18BrN3OS/c1-14-11-16(22)7-9-18(14)23-20(26)10-8-17-13-27-21-24-19(12-25(17)21)15-5-3-2-4-6-15/h2-7,9,11-13H,8,10H2,1H3,(H,23,26). The molecular formula is C21H18BrN3OS. The molecule has 1 amide bonds. The van der Waals surface area contributed by atoms with Gasteiger partial charge in [-0.25, -0.2) is 4.98 Å². The first-order valence-corrected chi connectivity index (χ1v) is 10.3. The lowest BCUT2D eigenvalue weighted by molar-refractivity contribution is -0.116. The van der Waals surface area contributed by atoms with Crippen molar-refractivity contribution in [1.82, 2.24) is 9.38 Å². The maximum atomic E-state index is 12.4. The van der Waals surface area contributed by atoms with Gasteiger partial charge in [-0.2, -0.15) is 0 Å². The van der Waals surface area contributed by atoms with Gasteiger partial charge in [-0.1, -0.05) is 46.3 Å². The monoisotopic (exact) mass is 439 g/mol. The van der Waals surface area contributed by atoms with Crippen LogP contribution in [0.3, 0.4) is 0 Å². The van der Waals surface area contributed by atoms with Gasteiger partial charge in [-0.15, -0.1) is 11.3 Å². The summed E-state index contributed by atoms with van der Waals surface area (Å²) in [5.41, 5.74) is 5.05. The van der Waals surface area contributed by atoms with Crippen LogP contribution in [0.5, 0.6) is 0 Å². The minimum Gasteiger partial charge on any atom is -0.326 e. The molecule has 4 rings (SSSR count). The maximum Gasteiger partial charge on any atom is 0.224 e. The molecule has 2 aromatic carbocycles. The number of nitrogens with one attached hydrogen (secondary N) is 1. The van der Waals surface area contributed by atoms with E-state index in [2.05, 4.69) is 43.2 Å².